The van der Waals surface area contributed by atoms with E-state index in [1.165, 1.54) is 18.4 Å². The van der Waals surface area contributed by atoms with Gasteiger partial charge in [-0.2, -0.15) is 4.99 Å². The summed E-state index contributed by atoms with van der Waals surface area (Å²) < 4.78 is 12.6. The number of carbonyl (C=O) groups is 2. The molecule has 3 rings (SSSR count). The van der Waals surface area contributed by atoms with Gasteiger partial charge >= 0.3 is 5.97 Å². The Balaban J connectivity index is 2.04. The molecule has 1 aromatic heterocycles. The second-order valence-electron chi connectivity index (χ2n) is 6.49. The summed E-state index contributed by atoms with van der Waals surface area (Å²) in [5, 5.41) is 0. The van der Waals surface area contributed by atoms with Crippen molar-refractivity contribution >= 4 is 33.4 Å². The van der Waals surface area contributed by atoms with Crippen LogP contribution in [0.5, 0.6) is 5.75 Å². The summed E-state index contributed by atoms with van der Waals surface area (Å²) in [6.07, 6.45) is 0.212. The van der Waals surface area contributed by atoms with Crippen molar-refractivity contribution < 1.29 is 19.1 Å². The molecule has 0 aliphatic carbocycles. The fraction of sp³-hybridized carbons (Fsp3) is 0.286. The lowest BCUT2D eigenvalue weighted by Gasteiger charge is -2.05. The van der Waals surface area contributed by atoms with Gasteiger partial charge < -0.3 is 14.0 Å². The van der Waals surface area contributed by atoms with Crippen LogP contribution < -0.4 is 9.54 Å². The number of hydrogen-bond donors (Lipinski definition) is 0. The van der Waals surface area contributed by atoms with Crippen molar-refractivity contribution in [2.24, 2.45) is 4.99 Å². The molecule has 2 aromatic carbocycles. The van der Waals surface area contributed by atoms with Crippen LogP contribution in [0.15, 0.2) is 41.4 Å². The van der Waals surface area contributed by atoms with E-state index in [0.717, 1.165) is 26.9 Å². The van der Waals surface area contributed by atoms with Crippen LogP contribution in [0, 0.1) is 13.8 Å². The maximum Gasteiger partial charge on any atom is 0.325 e. The molecule has 1 amide bonds. The molecule has 0 aliphatic heterocycles. The fourth-order valence-electron chi connectivity index (χ4n) is 2.91. The predicted octanol–water partition coefficient (Wildman–Crippen LogP) is 3.17. The van der Waals surface area contributed by atoms with Crippen LogP contribution in [0.25, 0.3) is 10.2 Å². The van der Waals surface area contributed by atoms with Crippen molar-refractivity contribution in [2.75, 3.05) is 14.2 Å². The first kappa shape index (κ1) is 19.8. The highest BCUT2D eigenvalue weighted by molar-refractivity contribution is 7.16. The van der Waals surface area contributed by atoms with Gasteiger partial charge in [-0.3, -0.25) is 9.59 Å². The zero-order chi connectivity index (χ0) is 20.3. The van der Waals surface area contributed by atoms with Crippen molar-refractivity contribution in [1.29, 1.82) is 0 Å². The molecule has 0 fully saturated rings. The van der Waals surface area contributed by atoms with E-state index in [1.54, 1.807) is 11.7 Å². The molecule has 6 nitrogen and oxygen atoms in total. The molecule has 3 aromatic rings. The largest absolute Gasteiger partial charge is 0.497 e. The van der Waals surface area contributed by atoms with Gasteiger partial charge in [0.25, 0.3) is 5.91 Å². The SMILES string of the molecule is COC(=O)Cn1c(=NC(=O)Cc2cc(C)ccc2C)sc2cc(OC)ccc21. The Morgan fingerprint density at radius 1 is 1.11 bits per heavy atom. The number of aromatic nitrogens is 1. The van der Waals surface area contributed by atoms with Gasteiger partial charge in [0.1, 0.15) is 12.3 Å². The molecule has 28 heavy (non-hydrogen) atoms. The third-order valence-electron chi connectivity index (χ3n) is 4.47. The van der Waals surface area contributed by atoms with Crippen LogP contribution in [0.2, 0.25) is 0 Å². The number of fused-ring (bicyclic) bond motifs is 1. The van der Waals surface area contributed by atoms with Crippen molar-refractivity contribution in [2.45, 2.75) is 26.8 Å². The van der Waals surface area contributed by atoms with Crippen molar-refractivity contribution in [3.8, 4) is 5.75 Å². The minimum atomic E-state index is -0.404. The van der Waals surface area contributed by atoms with E-state index in [1.807, 2.05) is 50.2 Å². The lowest BCUT2D eigenvalue weighted by molar-refractivity contribution is -0.141. The smallest absolute Gasteiger partial charge is 0.325 e. The Kier molecular flexibility index (Phi) is 5.94. The summed E-state index contributed by atoms with van der Waals surface area (Å²) in [6, 6.07) is 11.5. The number of carbonyl (C=O) groups excluding carboxylic acids is 2. The summed E-state index contributed by atoms with van der Waals surface area (Å²) in [5.41, 5.74) is 3.91. The van der Waals surface area contributed by atoms with Crippen molar-refractivity contribution in [3.63, 3.8) is 0 Å². The number of thiazole rings is 1. The van der Waals surface area contributed by atoms with E-state index in [2.05, 4.69) is 4.99 Å². The van der Waals surface area contributed by atoms with E-state index in [-0.39, 0.29) is 18.9 Å². The zero-order valence-corrected chi connectivity index (χ0v) is 17.1. The van der Waals surface area contributed by atoms with Crippen LogP contribution in [0.3, 0.4) is 0 Å². The molecular weight excluding hydrogens is 376 g/mol. The first-order chi connectivity index (χ1) is 13.4. The highest BCUT2D eigenvalue weighted by Crippen LogP contribution is 2.23. The third kappa shape index (κ3) is 4.31. The Bertz CT molecular complexity index is 1110. The molecular formula is C21H22N2O4S. The second-order valence-corrected chi connectivity index (χ2v) is 7.50. The molecule has 0 N–H and O–H groups in total. The van der Waals surface area contributed by atoms with Gasteiger partial charge in [-0.05, 0) is 43.2 Å². The highest BCUT2D eigenvalue weighted by Gasteiger charge is 2.13. The molecule has 146 valence electrons. The van der Waals surface area contributed by atoms with E-state index in [9.17, 15) is 9.59 Å². The summed E-state index contributed by atoms with van der Waals surface area (Å²) in [6.45, 7) is 3.96. The molecule has 0 atom stereocenters. The summed E-state index contributed by atoms with van der Waals surface area (Å²) in [7, 11) is 2.93. The molecule has 0 spiro atoms. The minimum Gasteiger partial charge on any atom is -0.497 e. The van der Waals surface area contributed by atoms with Gasteiger partial charge in [-0.15, -0.1) is 0 Å². The topological polar surface area (TPSA) is 69.9 Å². The Hall–Kier alpha value is -2.93. The van der Waals surface area contributed by atoms with Gasteiger partial charge in [0, 0.05) is 0 Å². The lowest BCUT2D eigenvalue weighted by atomic mass is 10.0. The Labute approximate surface area is 167 Å². The predicted molar refractivity (Wildman–Crippen MR) is 109 cm³/mol. The minimum absolute atomic E-state index is 0.0155. The molecule has 0 unspecified atom stereocenters. The molecule has 0 radical (unpaired) electrons. The maximum atomic E-state index is 12.6. The van der Waals surface area contributed by atoms with Crippen LogP contribution in [0.4, 0.5) is 0 Å². The third-order valence-corrected chi connectivity index (χ3v) is 5.51. The average Bonchev–Trinajstić information content (AvgIpc) is 3.00. The summed E-state index contributed by atoms with van der Waals surface area (Å²) in [4.78, 5) is 29.3. The lowest BCUT2D eigenvalue weighted by Crippen LogP contribution is -2.22. The number of amides is 1. The quantitative estimate of drug-likeness (QED) is 0.619. The number of esters is 1. The van der Waals surface area contributed by atoms with Gasteiger partial charge in [0.15, 0.2) is 4.80 Å². The number of methoxy groups -OCH3 is 2. The number of nitrogens with zero attached hydrogens (tertiary/aromatic N) is 2. The zero-order valence-electron chi connectivity index (χ0n) is 16.3. The fourth-order valence-corrected chi connectivity index (χ4v) is 3.99. The Morgan fingerprint density at radius 3 is 2.61 bits per heavy atom. The molecule has 0 saturated heterocycles. The van der Waals surface area contributed by atoms with E-state index < -0.39 is 5.97 Å². The molecule has 0 aliphatic rings. The first-order valence-corrected chi connectivity index (χ1v) is 9.61. The van der Waals surface area contributed by atoms with Crippen molar-refractivity contribution in [1.82, 2.24) is 4.57 Å². The summed E-state index contributed by atoms with van der Waals surface area (Å²) in [5.74, 6) is 0.0389. The highest BCUT2D eigenvalue weighted by atomic mass is 32.1. The summed E-state index contributed by atoms with van der Waals surface area (Å²) >= 11 is 1.34. The van der Waals surface area contributed by atoms with Crippen LogP contribution in [-0.2, 0) is 27.3 Å². The number of hydrogen-bond acceptors (Lipinski definition) is 5. The van der Waals surface area contributed by atoms with Gasteiger partial charge in [0.05, 0.1) is 30.9 Å². The second kappa shape index (κ2) is 8.39. The van der Waals surface area contributed by atoms with Crippen LogP contribution >= 0.6 is 11.3 Å². The van der Waals surface area contributed by atoms with Gasteiger partial charge in [-0.25, -0.2) is 0 Å². The van der Waals surface area contributed by atoms with Gasteiger partial charge in [-0.1, -0.05) is 35.1 Å². The Morgan fingerprint density at radius 2 is 1.89 bits per heavy atom. The molecule has 0 saturated carbocycles. The van der Waals surface area contributed by atoms with E-state index in [0.29, 0.717) is 10.6 Å². The number of ether oxygens (including phenoxy) is 2. The maximum absolute atomic E-state index is 12.6. The van der Waals surface area contributed by atoms with Crippen molar-refractivity contribution in [3.05, 3.63) is 57.9 Å². The number of benzene rings is 2. The average molecular weight is 398 g/mol. The van der Waals surface area contributed by atoms with E-state index in [4.69, 9.17) is 9.47 Å². The molecule has 1 heterocycles. The van der Waals surface area contributed by atoms with Gasteiger partial charge in [0.2, 0.25) is 0 Å². The monoisotopic (exact) mass is 398 g/mol. The van der Waals surface area contributed by atoms with E-state index >= 15 is 0 Å². The standard InChI is InChI=1S/C21H22N2O4S/c1-13-5-6-14(2)15(9-13)10-19(24)22-21-23(12-20(25)27-4)17-8-7-16(26-3)11-18(17)28-21/h5-9,11H,10,12H2,1-4H3. The number of aryl methyl sites for hydroxylation is 2. The normalized spacial score (nSPS) is 11.6. The van der Waals surface area contributed by atoms with Crippen LogP contribution in [0.1, 0.15) is 16.7 Å². The molecule has 0 bridgehead atoms. The molecule has 7 heteroatoms. The number of rotatable bonds is 5. The van der Waals surface area contributed by atoms with Crippen LogP contribution in [-0.4, -0.2) is 30.7 Å². The first-order valence-electron chi connectivity index (χ1n) is 8.79.